The van der Waals surface area contributed by atoms with E-state index in [2.05, 4.69) is 16.0 Å². The Kier molecular flexibility index (Phi) is 10.6. The van der Waals surface area contributed by atoms with E-state index in [1.165, 1.54) is 24.3 Å². The highest BCUT2D eigenvalue weighted by Gasteiger charge is 2.33. The van der Waals surface area contributed by atoms with Gasteiger partial charge in [-0.25, -0.2) is 4.79 Å². The fraction of sp³-hybridized carbons (Fsp3) is 0.258. The molecule has 5 N–H and O–H groups in total. The molecule has 0 spiro atoms. The first-order valence-electron chi connectivity index (χ1n) is 14.2. The lowest BCUT2D eigenvalue weighted by atomic mass is 9.91. The van der Waals surface area contributed by atoms with Crippen molar-refractivity contribution >= 4 is 34.9 Å². The number of amides is 1. The van der Waals surface area contributed by atoms with Crippen molar-refractivity contribution in [2.24, 2.45) is 0 Å². The second-order valence-corrected chi connectivity index (χ2v) is 10.7. The molecule has 0 aliphatic carbocycles. The smallest absolute Gasteiger partial charge is 0.326 e. The number of carbonyl (C=O) groups is 3. The molecule has 1 heterocycles. The number of carboxylic acid groups (broad SMARTS) is 2. The molecule has 0 fully saturated rings. The zero-order chi connectivity index (χ0) is 33.4. The average molecular weight is 633 g/mol. The van der Waals surface area contributed by atoms with Crippen molar-refractivity contribution < 1.29 is 34.4 Å². The van der Waals surface area contributed by atoms with E-state index in [1.807, 2.05) is 4.90 Å². The molecule has 0 saturated carbocycles. The Morgan fingerprint density at radius 3 is 2.20 bits per heavy atom. The zero-order valence-corrected chi connectivity index (χ0v) is 24.7. The Hall–Kier alpha value is -5.83. The molecule has 15 nitrogen and oxygen atoms in total. The second kappa shape index (κ2) is 14.8. The summed E-state index contributed by atoms with van der Waals surface area (Å²) in [5.41, 5.74) is 3.66. The molecule has 46 heavy (non-hydrogen) atoms. The highest BCUT2D eigenvalue weighted by atomic mass is 16.6. The van der Waals surface area contributed by atoms with Gasteiger partial charge in [0, 0.05) is 42.9 Å². The Labute approximate surface area is 262 Å². The van der Waals surface area contributed by atoms with Gasteiger partial charge in [0.2, 0.25) is 5.91 Å². The van der Waals surface area contributed by atoms with E-state index in [9.17, 15) is 39.7 Å². The number of aryl methyl sites for hydroxylation is 1. The number of nitrogens with one attached hydrogen (secondary N) is 3. The number of anilines is 2. The van der Waals surface area contributed by atoms with Gasteiger partial charge in [0.25, 0.3) is 11.9 Å². The number of nitro groups is 2. The number of nitro benzene ring substituents is 1. The highest BCUT2D eigenvalue weighted by Crippen LogP contribution is 2.31. The first-order chi connectivity index (χ1) is 21.9. The second-order valence-electron chi connectivity index (χ2n) is 10.7. The summed E-state index contributed by atoms with van der Waals surface area (Å²) in [7, 11) is 1.76. The summed E-state index contributed by atoms with van der Waals surface area (Å²) in [5, 5.41) is 49.4. The molecule has 15 heteroatoms. The summed E-state index contributed by atoms with van der Waals surface area (Å²) >= 11 is 0. The number of aliphatic carboxylic acids is 2. The van der Waals surface area contributed by atoms with E-state index in [1.54, 1.807) is 49.5 Å². The summed E-state index contributed by atoms with van der Waals surface area (Å²) in [5.74, 6) is -2.61. The van der Waals surface area contributed by atoms with Crippen LogP contribution >= 0.6 is 0 Å². The quantitative estimate of drug-likeness (QED) is 0.127. The van der Waals surface area contributed by atoms with Crippen LogP contribution in [0.15, 0.2) is 78.8 Å². The van der Waals surface area contributed by atoms with Crippen molar-refractivity contribution in [3.05, 3.63) is 121 Å². The summed E-state index contributed by atoms with van der Waals surface area (Å²) in [6, 6.07) is 15.4. The van der Waals surface area contributed by atoms with Crippen molar-refractivity contribution in [2.75, 3.05) is 24.2 Å². The van der Waals surface area contributed by atoms with Gasteiger partial charge < -0.3 is 26.2 Å². The zero-order valence-electron chi connectivity index (χ0n) is 24.7. The number of likely N-dealkylation sites (N-methyl/N-ethyl adjacent to an activating group) is 1. The van der Waals surface area contributed by atoms with Gasteiger partial charge in [0.1, 0.15) is 12.1 Å². The minimum absolute atomic E-state index is 0.000224. The number of fused-ring (bicyclic) bond motifs is 1. The summed E-state index contributed by atoms with van der Waals surface area (Å²) in [6.07, 6.45) is 1.64. The highest BCUT2D eigenvalue weighted by molar-refractivity contribution is 5.88. The van der Waals surface area contributed by atoms with Crippen LogP contribution in [0.2, 0.25) is 0 Å². The van der Waals surface area contributed by atoms with Crippen LogP contribution in [0.1, 0.15) is 34.7 Å². The monoisotopic (exact) mass is 632 g/mol. The van der Waals surface area contributed by atoms with E-state index >= 15 is 0 Å². The lowest BCUT2D eigenvalue weighted by Gasteiger charge is -2.34. The van der Waals surface area contributed by atoms with Gasteiger partial charge in [-0.1, -0.05) is 30.3 Å². The molecular weight excluding hydrogens is 600 g/mol. The van der Waals surface area contributed by atoms with E-state index in [0.29, 0.717) is 41.9 Å². The van der Waals surface area contributed by atoms with Crippen LogP contribution in [-0.2, 0) is 33.6 Å². The lowest BCUT2D eigenvalue weighted by molar-refractivity contribution is -0.403. The predicted octanol–water partition coefficient (Wildman–Crippen LogP) is 3.55. The Bertz CT molecular complexity index is 1660. The third kappa shape index (κ3) is 8.86. The first kappa shape index (κ1) is 33.1. The maximum Gasteiger partial charge on any atom is 0.326 e. The van der Waals surface area contributed by atoms with Crippen molar-refractivity contribution in [1.29, 1.82) is 0 Å². The molecule has 4 rings (SSSR count). The number of nitrogens with zero attached hydrogens (tertiary/aromatic N) is 3. The third-order valence-electron chi connectivity index (χ3n) is 7.44. The number of carbonyl (C=O) groups excluding carboxylic acids is 1. The van der Waals surface area contributed by atoms with Crippen LogP contribution in [-0.4, -0.2) is 62.4 Å². The van der Waals surface area contributed by atoms with Crippen LogP contribution in [0.4, 0.5) is 17.1 Å². The Balaban J connectivity index is 1.47. The molecule has 2 atom stereocenters. The number of rotatable bonds is 14. The first-order valence-corrected chi connectivity index (χ1v) is 14.2. The predicted molar refractivity (Wildman–Crippen MR) is 167 cm³/mol. The maximum atomic E-state index is 13.5. The largest absolute Gasteiger partial charge is 0.481 e. The van der Waals surface area contributed by atoms with Gasteiger partial charge in [-0.3, -0.25) is 34.7 Å². The van der Waals surface area contributed by atoms with Crippen molar-refractivity contribution in [3.8, 4) is 0 Å². The number of hydrogen-bond donors (Lipinski definition) is 5. The topological polar surface area (TPSA) is 217 Å². The lowest BCUT2D eigenvalue weighted by Crippen LogP contribution is -2.49. The van der Waals surface area contributed by atoms with E-state index in [-0.39, 0.29) is 24.4 Å². The molecule has 1 aliphatic heterocycles. The number of benzene rings is 3. The van der Waals surface area contributed by atoms with Gasteiger partial charge >= 0.3 is 11.9 Å². The van der Waals surface area contributed by atoms with E-state index in [0.717, 1.165) is 17.3 Å². The molecule has 3 aromatic rings. The fourth-order valence-corrected chi connectivity index (χ4v) is 5.13. The normalized spacial score (nSPS) is 15.2. The van der Waals surface area contributed by atoms with Crippen LogP contribution < -0.4 is 16.0 Å². The van der Waals surface area contributed by atoms with Crippen LogP contribution in [0.3, 0.4) is 0 Å². The van der Waals surface area contributed by atoms with Gasteiger partial charge in [-0.05, 0) is 66.4 Å². The molecule has 2 unspecified atom stereocenters. The number of carboxylic acids is 2. The molecule has 1 amide bonds. The van der Waals surface area contributed by atoms with Crippen molar-refractivity contribution in [3.63, 3.8) is 0 Å². The van der Waals surface area contributed by atoms with Crippen LogP contribution in [0, 0.1) is 20.2 Å². The summed E-state index contributed by atoms with van der Waals surface area (Å²) in [6.45, 7) is 0.489. The molecule has 3 aromatic carbocycles. The molecule has 240 valence electrons. The SMILES string of the molecule is CN1CCc2cc(NC(=C[N+](=O)[O-])Nc3ccc([N+](=O)[O-])cc3)ccc2C1C(=O)NC(Cc1ccc(CCC(=O)O)cc1)C(=O)O. The molecule has 0 saturated heterocycles. The molecular formula is C31H32N6O9. The van der Waals surface area contributed by atoms with Gasteiger partial charge in [0.05, 0.1) is 9.85 Å². The van der Waals surface area contributed by atoms with Gasteiger partial charge in [-0.2, -0.15) is 0 Å². The minimum Gasteiger partial charge on any atom is -0.481 e. The molecule has 0 aromatic heterocycles. The molecule has 1 aliphatic rings. The Morgan fingerprint density at radius 1 is 0.957 bits per heavy atom. The Morgan fingerprint density at radius 2 is 1.59 bits per heavy atom. The number of hydrogen-bond acceptors (Lipinski definition) is 10. The van der Waals surface area contributed by atoms with E-state index < -0.39 is 39.8 Å². The maximum absolute atomic E-state index is 13.5. The standard InChI is InChI=1S/C31H32N6O9/c1-35-15-14-21-17-23(33-27(18-36(43)44)32-22-7-10-24(11-8-22)37(45)46)9-12-25(21)29(35)30(40)34-26(31(41)42)16-20-4-2-19(3-5-20)6-13-28(38)39/h2-5,7-12,17-18,26,29,32-33H,6,13-16H2,1H3,(H,34,40)(H,38,39)(H,41,42). The molecule has 0 radical (unpaired) electrons. The average Bonchev–Trinajstić information content (AvgIpc) is 3.00. The molecule has 0 bridgehead atoms. The van der Waals surface area contributed by atoms with Crippen LogP contribution in [0.5, 0.6) is 0 Å². The van der Waals surface area contributed by atoms with Crippen molar-refractivity contribution in [2.45, 2.75) is 37.8 Å². The minimum atomic E-state index is -1.21. The van der Waals surface area contributed by atoms with E-state index in [4.69, 9.17) is 5.11 Å². The number of non-ortho nitro benzene ring substituents is 1. The van der Waals surface area contributed by atoms with Crippen LogP contribution in [0.25, 0.3) is 0 Å². The van der Waals surface area contributed by atoms with Gasteiger partial charge in [0.15, 0.2) is 5.82 Å². The third-order valence-corrected chi connectivity index (χ3v) is 7.44. The summed E-state index contributed by atoms with van der Waals surface area (Å²) in [4.78, 5) is 59.3. The summed E-state index contributed by atoms with van der Waals surface area (Å²) < 4.78 is 0. The fourth-order valence-electron chi connectivity index (χ4n) is 5.13. The van der Waals surface area contributed by atoms with Crippen molar-refractivity contribution in [1.82, 2.24) is 10.2 Å². The van der Waals surface area contributed by atoms with Gasteiger partial charge in [-0.15, -0.1) is 0 Å².